The minimum absolute atomic E-state index is 0.402. The highest BCUT2D eigenvalue weighted by molar-refractivity contribution is 5.16. The minimum atomic E-state index is -0.402. The van der Waals surface area contributed by atoms with Gasteiger partial charge in [-0.3, -0.25) is 0 Å². The molecule has 0 aromatic heterocycles. The summed E-state index contributed by atoms with van der Waals surface area (Å²) >= 11 is 0. The van der Waals surface area contributed by atoms with Gasteiger partial charge in [0.15, 0.2) is 0 Å². The first-order valence-electron chi connectivity index (χ1n) is 3.37. The Morgan fingerprint density at radius 3 is 2.40 bits per heavy atom. The molecule has 0 bridgehead atoms. The molecule has 54 valence electrons. The summed E-state index contributed by atoms with van der Waals surface area (Å²) < 4.78 is 0. The first-order chi connectivity index (χ1) is 4.84. The smallest absolute Gasteiger partial charge is 0.128 e. The summed E-state index contributed by atoms with van der Waals surface area (Å²) in [5, 5.41) is 9.27. The highest BCUT2D eigenvalue weighted by Crippen LogP contribution is 2.08. The van der Waals surface area contributed by atoms with Crippen LogP contribution in [0.4, 0.5) is 0 Å². The Bertz CT molecular complexity index is 186. The molecule has 2 heteroatoms. The maximum Gasteiger partial charge on any atom is 0.128 e. The normalized spacial score (nSPS) is 13.0. The van der Waals surface area contributed by atoms with Crippen molar-refractivity contribution in [1.29, 1.82) is 0 Å². The fourth-order valence-electron chi connectivity index (χ4n) is 0.842. The van der Waals surface area contributed by atoms with E-state index in [0.29, 0.717) is 6.54 Å². The van der Waals surface area contributed by atoms with Crippen molar-refractivity contribution in [3.05, 3.63) is 35.9 Å². The van der Waals surface area contributed by atoms with Crippen molar-refractivity contribution in [2.45, 2.75) is 6.10 Å². The van der Waals surface area contributed by atoms with Crippen LogP contribution in [0.1, 0.15) is 11.7 Å². The number of aliphatic hydroxyl groups is 1. The number of benzene rings is 1. The first-order valence-corrected chi connectivity index (χ1v) is 3.37. The van der Waals surface area contributed by atoms with E-state index >= 15 is 0 Å². The molecule has 0 radical (unpaired) electrons. The van der Waals surface area contributed by atoms with E-state index in [-0.39, 0.29) is 0 Å². The molecular formula is C8H12NO+. The van der Waals surface area contributed by atoms with Gasteiger partial charge in [-0.25, -0.2) is 0 Å². The molecule has 1 aromatic carbocycles. The van der Waals surface area contributed by atoms with Crippen molar-refractivity contribution in [2.24, 2.45) is 0 Å². The Morgan fingerprint density at radius 1 is 1.30 bits per heavy atom. The summed E-state index contributed by atoms with van der Waals surface area (Å²) in [6, 6.07) is 9.55. The molecule has 1 rings (SSSR count). The quantitative estimate of drug-likeness (QED) is 0.592. The van der Waals surface area contributed by atoms with Gasteiger partial charge in [-0.2, -0.15) is 0 Å². The van der Waals surface area contributed by atoms with Crippen LogP contribution < -0.4 is 5.73 Å². The van der Waals surface area contributed by atoms with Crippen LogP contribution in [0.3, 0.4) is 0 Å². The van der Waals surface area contributed by atoms with Gasteiger partial charge in [0.25, 0.3) is 0 Å². The Morgan fingerprint density at radius 2 is 1.90 bits per heavy atom. The van der Waals surface area contributed by atoms with Crippen molar-refractivity contribution in [3.8, 4) is 0 Å². The van der Waals surface area contributed by atoms with Gasteiger partial charge in [0.05, 0.1) is 0 Å². The summed E-state index contributed by atoms with van der Waals surface area (Å²) in [4.78, 5) is 0. The van der Waals surface area contributed by atoms with Gasteiger partial charge < -0.3 is 10.8 Å². The van der Waals surface area contributed by atoms with E-state index in [1.54, 1.807) is 0 Å². The number of hydrogen-bond acceptors (Lipinski definition) is 1. The average Bonchev–Trinajstić information content (AvgIpc) is 2.05. The lowest BCUT2D eigenvalue weighted by Crippen LogP contribution is -2.52. The number of quaternary nitrogens is 1. The standard InChI is InChI=1S/C8H11NO/c9-6-8(10)7-4-2-1-3-5-7/h1-5,8,10H,6,9H2/p+1/t8-/m0/s1. The highest BCUT2D eigenvalue weighted by Gasteiger charge is 2.03. The first kappa shape index (κ1) is 7.25. The van der Waals surface area contributed by atoms with Crippen molar-refractivity contribution in [1.82, 2.24) is 0 Å². The molecule has 1 atom stereocenters. The minimum Gasteiger partial charge on any atom is -0.382 e. The number of rotatable bonds is 2. The summed E-state index contributed by atoms with van der Waals surface area (Å²) in [5.41, 5.74) is 4.55. The van der Waals surface area contributed by atoms with Crippen molar-refractivity contribution >= 4 is 0 Å². The molecule has 1 aromatic rings. The van der Waals surface area contributed by atoms with E-state index in [1.807, 2.05) is 30.3 Å². The molecule has 0 fully saturated rings. The molecule has 10 heavy (non-hydrogen) atoms. The van der Waals surface area contributed by atoms with Crippen LogP contribution in [0.25, 0.3) is 0 Å². The SMILES string of the molecule is [NH3+]C[C@H](O)c1ccccc1. The van der Waals surface area contributed by atoms with Crippen molar-refractivity contribution in [2.75, 3.05) is 6.54 Å². The van der Waals surface area contributed by atoms with Gasteiger partial charge in [-0.05, 0) is 5.56 Å². The third-order valence-electron chi connectivity index (χ3n) is 1.46. The Labute approximate surface area is 60.3 Å². The Hall–Kier alpha value is -0.860. The predicted octanol–water partition coefficient (Wildman–Crippen LogP) is -0.0381. The summed E-state index contributed by atoms with van der Waals surface area (Å²) in [7, 11) is 0. The molecule has 0 aliphatic heterocycles. The monoisotopic (exact) mass is 138 g/mol. The molecule has 0 unspecified atom stereocenters. The Kier molecular flexibility index (Phi) is 2.42. The van der Waals surface area contributed by atoms with E-state index in [4.69, 9.17) is 0 Å². The number of hydrogen-bond donors (Lipinski definition) is 2. The van der Waals surface area contributed by atoms with Gasteiger partial charge in [-0.1, -0.05) is 30.3 Å². The zero-order valence-electron chi connectivity index (χ0n) is 5.83. The largest absolute Gasteiger partial charge is 0.382 e. The molecule has 0 saturated carbocycles. The lowest BCUT2D eigenvalue weighted by atomic mass is 10.1. The second-order valence-corrected chi connectivity index (χ2v) is 2.22. The van der Waals surface area contributed by atoms with Crippen LogP contribution in [-0.2, 0) is 0 Å². The Balaban J connectivity index is 2.75. The third-order valence-corrected chi connectivity index (χ3v) is 1.46. The molecule has 2 nitrogen and oxygen atoms in total. The van der Waals surface area contributed by atoms with Crippen LogP contribution in [0, 0.1) is 0 Å². The van der Waals surface area contributed by atoms with Crippen LogP contribution in [0.15, 0.2) is 30.3 Å². The van der Waals surface area contributed by atoms with Crippen molar-refractivity contribution < 1.29 is 10.8 Å². The van der Waals surface area contributed by atoms with Crippen molar-refractivity contribution in [3.63, 3.8) is 0 Å². The van der Waals surface area contributed by atoms with Gasteiger partial charge >= 0.3 is 0 Å². The van der Waals surface area contributed by atoms with Crippen LogP contribution in [0.2, 0.25) is 0 Å². The average molecular weight is 138 g/mol. The van der Waals surface area contributed by atoms with E-state index in [0.717, 1.165) is 5.56 Å². The number of aliphatic hydroxyl groups excluding tert-OH is 1. The summed E-state index contributed by atoms with van der Waals surface area (Å²) in [6.07, 6.45) is -0.402. The summed E-state index contributed by atoms with van der Waals surface area (Å²) in [5.74, 6) is 0. The maximum atomic E-state index is 9.27. The predicted molar refractivity (Wildman–Crippen MR) is 39.2 cm³/mol. The fraction of sp³-hybridized carbons (Fsp3) is 0.250. The molecule has 0 saturated heterocycles. The van der Waals surface area contributed by atoms with Crippen LogP contribution in [-0.4, -0.2) is 11.7 Å². The van der Waals surface area contributed by atoms with E-state index in [9.17, 15) is 5.11 Å². The van der Waals surface area contributed by atoms with Crippen LogP contribution in [0.5, 0.6) is 0 Å². The molecule has 0 amide bonds. The topological polar surface area (TPSA) is 47.9 Å². The van der Waals surface area contributed by atoms with E-state index in [1.165, 1.54) is 0 Å². The molecular weight excluding hydrogens is 126 g/mol. The highest BCUT2D eigenvalue weighted by atomic mass is 16.3. The summed E-state index contributed by atoms with van der Waals surface area (Å²) in [6.45, 7) is 0.532. The lowest BCUT2D eigenvalue weighted by molar-refractivity contribution is -0.385. The van der Waals surface area contributed by atoms with Crippen LogP contribution >= 0.6 is 0 Å². The molecule has 0 aliphatic carbocycles. The zero-order chi connectivity index (χ0) is 7.40. The molecule has 4 N–H and O–H groups in total. The lowest BCUT2D eigenvalue weighted by Gasteiger charge is -2.03. The maximum absolute atomic E-state index is 9.27. The van der Waals surface area contributed by atoms with Gasteiger partial charge in [0.1, 0.15) is 12.6 Å². The van der Waals surface area contributed by atoms with E-state index < -0.39 is 6.10 Å². The van der Waals surface area contributed by atoms with E-state index in [2.05, 4.69) is 5.73 Å². The molecule has 0 heterocycles. The zero-order valence-corrected chi connectivity index (χ0v) is 5.83. The molecule has 0 spiro atoms. The second kappa shape index (κ2) is 3.34. The third kappa shape index (κ3) is 1.56. The fourth-order valence-corrected chi connectivity index (χ4v) is 0.842. The molecule has 0 aliphatic rings. The second-order valence-electron chi connectivity index (χ2n) is 2.22. The van der Waals surface area contributed by atoms with Gasteiger partial charge in [0, 0.05) is 0 Å². The van der Waals surface area contributed by atoms with Gasteiger partial charge in [-0.15, -0.1) is 0 Å². The van der Waals surface area contributed by atoms with Gasteiger partial charge in [0.2, 0.25) is 0 Å².